The summed E-state index contributed by atoms with van der Waals surface area (Å²) in [5, 5.41) is 2.24. The molecule has 1 aromatic rings. The molecule has 7 nitrogen and oxygen atoms in total. The third-order valence-corrected chi connectivity index (χ3v) is 5.74. The first-order chi connectivity index (χ1) is 11.7. The van der Waals surface area contributed by atoms with Crippen LogP contribution in [0.15, 0.2) is 29.2 Å². The van der Waals surface area contributed by atoms with Gasteiger partial charge in [0.25, 0.3) is 0 Å². The summed E-state index contributed by atoms with van der Waals surface area (Å²) in [6.45, 7) is 7.19. The molecular formula is C16H24N2O5S2. The fraction of sp³-hybridized carbons (Fsp3) is 0.500. The van der Waals surface area contributed by atoms with Gasteiger partial charge >= 0.3 is 5.97 Å². The maximum absolute atomic E-state index is 12.1. The normalized spacial score (nSPS) is 12.7. The van der Waals surface area contributed by atoms with Crippen LogP contribution in [0.4, 0.5) is 5.69 Å². The molecule has 0 spiro atoms. The van der Waals surface area contributed by atoms with E-state index in [4.69, 9.17) is 4.74 Å². The van der Waals surface area contributed by atoms with Crippen molar-refractivity contribution in [2.24, 2.45) is 0 Å². The highest BCUT2D eigenvalue weighted by Gasteiger charge is 2.17. The third-order valence-electron chi connectivity index (χ3n) is 2.95. The number of esters is 1. The van der Waals surface area contributed by atoms with Gasteiger partial charge < -0.3 is 10.1 Å². The van der Waals surface area contributed by atoms with Crippen molar-refractivity contribution >= 4 is 39.3 Å². The quantitative estimate of drug-likeness (QED) is 0.628. The van der Waals surface area contributed by atoms with Gasteiger partial charge in [-0.25, -0.2) is 13.1 Å². The molecule has 0 aliphatic carbocycles. The molecule has 0 aliphatic rings. The molecule has 1 aromatic carbocycles. The van der Waals surface area contributed by atoms with Crippen molar-refractivity contribution in [1.82, 2.24) is 4.72 Å². The Morgan fingerprint density at radius 1 is 1.16 bits per heavy atom. The van der Waals surface area contributed by atoms with Crippen molar-refractivity contribution in [3.63, 3.8) is 0 Å². The SMILES string of the molecule is CCOC(=O)CS[C@@H](C)C(=O)Nc1ccc(S(=O)(=O)NC(C)C)cc1. The number of nitrogens with one attached hydrogen (secondary N) is 2. The van der Waals surface area contributed by atoms with E-state index in [2.05, 4.69) is 10.0 Å². The van der Waals surface area contributed by atoms with Gasteiger partial charge in [-0.2, -0.15) is 0 Å². The molecule has 140 valence electrons. The van der Waals surface area contributed by atoms with Crippen molar-refractivity contribution in [3.8, 4) is 0 Å². The number of ether oxygens (including phenoxy) is 1. The lowest BCUT2D eigenvalue weighted by atomic mass is 10.3. The number of carbonyl (C=O) groups is 2. The molecule has 0 unspecified atom stereocenters. The largest absolute Gasteiger partial charge is 0.465 e. The first-order valence-electron chi connectivity index (χ1n) is 7.86. The summed E-state index contributed by atoms with van der Waals surface area (Å²) in [6, 6.07) is 5.69. The molecule has 1 amide bonds. The summed E-state index contributed by atoms with van der Waals surface area (Å²) < 4.78 is 31.4. The maximum atomic E-state index is 12.1. The van der Waals surface area contributed by atoms with E-state index >= 15 is 0 Å². The second-order valence-corrected chi connectivity index (χ2v) is 8.59. The average molecular weight is 389 g/mol. The van der Waals surface area contributed by atoms with Crippen LogP contribution >= 0.6 is 11.8 Å². The zero-order valence-electron chi connectivity index (χ0n) is 14.7. The Morgan fingerprint density at radius 3 is 2.28 bits per heavy atom. The number of thioether (sulfide) groups is 1. The van der Waals surface area contributed by atoms with Gasteiger partial charge in [0.2, 0.25) is 15.9 Å². The molecule has 9 heteroatoms. The lowest BCUT2D eigenvalue weighted by Crippen LogP contribution is -2.30. The lowest BCUT2D eigenvalue weighted by Gasteiger charge is -2.13. The van der Waals surface area contributed by atoms with E-state index < -0.39 is 15.3 Å². The van der Waals surface area contributed by atoms with Gasteiger partial charge in [-0.1, -0.05) is 0 Å². The highest BCUT2D eigenvalue weighted by atomic mass is 32.2. The fourth-order valence-electron chi connectivity index (χ4n) is 1.81. The van der Waals surface area contributed by atoms with Crippen LogP contribution in [0.5, 0.6) is 0 Å². The number of amides is 1. The number of benzene rings is 1. The molecule has 0 saturated heterocycles. The molecule has 1 rings (SSSR count). The van der Waals surface area contributed by atoms with E-state index in [0.717, 1.165) is 0 Å². The van der Waals surface area contributed by atoms with Crippen LogP contribution in [0.1, 0.15) is 27.7 Å². The van der Waals surface area contributed by atoms with Crippen LogP contribution in [0.3, 0.4) is 0 Å². The van der Waals surface area contributed by atoms with Gasteiger partial charge in [0.1, 0.15) is 0 Å². The van der Waals surface area contributed by atoms with Crippen LogP contribution in [0.2, 0.25) is 0 Å². The van der Waals surface area contributed by atoms with E-state index in [1.54, 1.807) is 27.7 Å². The van der Waals surface area contributed by atoms with Crippen molar-refractivity contribution in [2.45, 2.75) is 43.9 Å². The van der Waals surface area contributed by atoms with E-state index in [0.29, 0.717) is 12.3 Å². The van der Waals surface area contributed by atoms with E-state index in [-0.39, 0.29) is 28.6 Å². The average Bonchev–Trinajstić information content (AvgIpc) is 2.52. The van der Waals surface area contributed by atoms with Crippen molar-refractivity contribution in [2.75, 3.05) is 17.7 Å². The molecule has 0 bridgehead atoms. The van der Waals surface area contributed by atoms with Crippen LogP contribution in [0.25, 0.3) is 0 Å². The molecule has 0 heterocycles. The zero-order valence-corrected chi connectivity index (χ0v) is 16.4. The summed E-state index contributed by atoms with van der Waals surface area (Å²) in [4.78, 5) is 23.5. The van der Waals surface area contributed by atoms with Crippen molar-refractivity contribution in [1.29, 1.82) is 0 Å². The molecule has 0 saturated carbocycles. The van der Waals surface area contributed by atoms with Gasteiger partial charge in [-0.05, 0) is 52.0 Å². The molecule has 0 radical (unpaired) electrons. The number of anilines is 1. The molecule has 0 aliphatic heterocycles. The lowest BCUT2D eigenvalue weighted by molar-refractivity contribution is -0.139. The zero-order chi connectivity index (χ0) is 19.0. The summed E-state index contributed by atoms with van der Waals surface area (Å²) in [6.07, 6.45) is 0. The number of hydrogen-bond donors (Lipinski definition) is 2. The minimum absolute atomic E-state index is 0.0977. The van der Waals surface area contributed by atoms with Crippen LogP contribution in [-0.2, 0) is 24.3 Å². The Kier molecular flexibility index (Phi) is 8.40. The van der Waals surface area contributed by atoms with Gasteiger partial charge in [0.15, 0.2) is 0 Å². The van der Waals surface area contributed by atoms with Gasteiger partial charge in [-0.15, -0.1) is 11.8 Å². The van der Waals surface area contributed by atoms with Crippen LogP contribution < -0.4 is 10.0 Å². The molecule has 0 fully saturated rings. The molecule has 1 atom stereocenters. The van der Waals surface area contributed by atoms with E-state index in [1.807, 2.05) is 0 Å². The second-order valence-electron chi connectivity index (χ2n) is 5.55. The third kappa shape index (κ3) is 7.45. The van der Waals surface area contributed by atoms with Crippen molar-refractivity contribution < 1.29 is 22.7 Å². The number of rotatable bonds is 9. The predicted octanol–water partition coefficient (Wildman–Crippen LogP) is 2.00. The first kappa shape index (κ1) is 21.5. The summed E-state index contributed by atoms with van der Waals surface area (Å²) in [7, 11) is -3.56. The van der Waals surface area contributed by atoms with Crippen LogP contribution in [0, 0.1) is 0 Å². The summed E-state index contributed by atoms with van der Waals surface area (Å²) in [5.74, 6) is -0.537. The number of sulfonamides is 1. The number of hydrogen-bond acceptors (Lipinski definition) is 6. The summed E-state index contributed by atoms with van der Waals surface area (Å²) >= 11 is 1.17. The maximum Gasteiger partial charge on any atom is 0.315 e. The van der Waals surface area contributed by atoms with E-state index in [1.165, 1.54) is 36.0 Å². The smallest absolute Gasteiger partial charge is 0.315 e. The Balaban J connectivity index is 2.62. The Morgan fingerprint density at radius 2 is 1.76 bits per heavy atom. The molecule has 0 aromatic heterocycles. The topological polar surface area (TPSA) is 102 Å². The standard InChI is InChI=1S/C16H24N2O5S2/c1-5-23-15(19)10-24-12(4)16(20)17-13-6-8-14(9-7-13)25(21,22)18-11(2)3/h6-9,11-12,18H,5,10H2,1-4H3,(H,17,20)/t12-/m0/s1. The minimum Gasteiger partial charge on any atom is -0.465 e. The Bertz CT molecular complexity index is 687. The monoisotopic (exact) mass is 388 g/mol. The fourth-order valence-corrected chi connectivity index (χ4v) is 3.74. The Hall–Kier alpha value is -1.58. The first-order valence-corrected chi connectivity index (χ1v) is 10.4. The predicted molar refractivity (Wildman–Crippen MR) is 99.1 cm³/mol. The van der Waals surface area contributed by atoms with Gasteiger partial charge in [0.05, 0.1) is 22.5 Å². The van der Waals surface area contributed by atoms with Gasteiger partial charge in [-0.3, -0.25) is 9.59 Å². The number of carbonyl (C=O) groups excluding carboxylic acids is 2. The minimum atomic E-state index is -3.56. The van der Waals surface area contributed by atoms with Crippen LogP contribution in [-0.4, -0.2) is 43.9 Å². The van der Waals surface area contributed by atoms with Crippen molar-refractivity contribution in [3.05, 3.63) is 24.3 Å². The molecule has 25 heavy (non-hydrogen) atoms. The van der Waals surface area contributed by atoms with E-state index in [9.17, 15) is 18.0 Å². The second kappa shape index (κ2) is 9.79. The highest BCUT2D eigenvalue weighted by molar-refractivity contribution is 8.01. The molecule has 2 N–H and O–H groups in total. The Labute approximate surface area is 153 Å². The molecular weight excluding hydrogens is 364 g/mol. The summed E-state index contributed by atoms with van der Waals surface area (Å²) in [5.41, 5.74) is 0.483. The van der Waals surface area contributed by atoms with Gasteiger partial charge in [0, 0.05) is 11.7 Å². The highest BCUT2D eigenvalue weighted by Crippen LogP contribution is 2.17.